The number of benzene rings is 1. The molecule has 0 heterocycles. The lowest BCUT2D eigenvalue weighted by Gasteiger charge is -1.95. The second kappa shape index (κ2) is 3.14. The normalized spacial score (nSPS) is 10.7. The maximum atomic E-state index is 12.6. The molecule has 58 valence electrons. The highest BCUT2D eigenvalue weighted by Crippen LogP contribution is 2.05. The van der Waals surface area contributed by atoms with Crippen LogP contribution >= 0.6 is 0 Å². The van der Waals surface area contributed by atoms with Gasteiger partial charge in [0.15, 0.2) is 0 Å². The molecule has 1 N–H and O–H groups in total. The van der Waals surface area contributed by atoms with Crippen LogP contribution < -0.4 is 0 Å². The molecule has 1 aromatic rings. The molecule has 0 fully saturated rings. The molecule has 0 amide bonds. The van der Waals surface area contributed by atoms with Gasteiger partial charge in [-0.2, -0.15) is 0 Å². The Labute approximate surface area is 64.0 Å². The second-order valence-electron chi connectivity index (χ2n) is 2.31. The Morgan fingerprint density at radius 3 is 2.73 bits per heavy atom. The highest BCUT2D eigenvalue weighted by atomic mass is 19.1. The zero-order chi connectivity index (χ0) is 8.27. The largest absolute Gasteiger partial charge is 0.411 e. The minimum Gasteiger partial charge on any atom is -0.411 e. The Hall–Kier alpha value is -1.38. The summed E-state index contributed by atoms with van der Waals surface area (Å²) in [6.45, 7) is 1.78. The molecule has 0 spiro atoms. The topological polar surface area (TPSA) is 32.6 Å². The van der Waals surface area contributed by atoms with Crippen LogP contribution in [0.5, 0.6) is 0 Å². The SMILES string of the molecule is Cc1cc(F)cc(/C=N/O)c1. The summed E-state index contributed by atoms with van der Waals surface area (Å²) in [7, 11) is 0. The number of aryl methyl sites for hydroxylation is 1. The van der Waals surface area contributed by atoms with Gasteiger partial charge in [-0.15, -0.1) is 0 Å². The quantitative estimate of drug-likeness (QED) is 0.373. The first-order valence-electron chi connectivity index (χ1n) is 3.17. The third-order valence-corrected chi connectivity index (χ3v) is 1.27. The van der Waals surface area contributed by atoms with Gasteiger partial charge in [-0.05, 0) is 30.2 Å². The van der Waals surface area contributed by atoms with Gasteiger partial charge in [0.25, 0.3) is 0 Å². The lowest BCUT2D eigenvalue weighted by Crippen LogP contribution is -1.85. The molecule has 1 rings (SSSR count). The van der Waals surface area contributed by atoms with Gasteiger partial charge in [0.1, 0.15) is 5.82 Å². The molecule has 0 aliphatic heterocycles. The van der Waals surface area contributed by atoms with Crippen molar-refractivity contribution < 1.29 is 9.60 Å². The molecule has 0 aliphatic carbocycles. The van der Waals surface area contributed by atoms with Crippen molar-refractivity contribution in [1.82, 2.24) is 0 Å². The fourth-order valence-corrected chi connectivity index (χ4v) is 0.906. The van der Waals surface area contributed by atoms with Gasteiger partial charge >= 0.3 is 0 Å². The van der Waals surface area contributed by atoms with Crippen molar-refractivity contribution >= 4 is 6.21 Å². The van der Waals surface area contributed by atoms with Crippen LogP contribution in [0.1, 0.15) is 11.1 Å². The molecule has 2 nitrogen and oxygen atoms in total. The molecule has 3 heteroatoms. The van der Waals surface area contributed by atoms with Crippen LogP contribution in [0.3, 0.4) is 0 Å². The van der Waals surface area contributed by atoms with Crippen molar-refractivity contribution in [2.24, 2.45) is 5.16 Å². The van der Waals surface area contributed by atoms with E-state index in [1.807, 2.05) is 0 Å². The first kappa shape index (κ1) is 7.72. The molecule has 0 unspecified atom stereocenters. The molecule has 0 aromatic heterocycles. The highest BCUT2D eigenvalue weighted by Gasteiger charge is 1.94. The predicted octanol–water partition coefficient (Wildman–Crippen LogP) is 1.94. The van der Waals surface area contributed by atoms with Gasteiger partial charge in [-0.3, -0.25) is 0 Å². The number of halogens is 1. The van der Waals surface area contributed by atoms with Gasteiger partial charge in [0, 0.05) is 0 Å². The van der Waals surface area contributed by atoms with E-state index in [1.54, 1.807) is 13.0 Å². The molecular formula is C8H8FNO. The van der Waals surface area contributed by atoms with E-state index in [0.717, 1.165) is 5.56 Å². The first-order chi connectivity index (χ1) is 5.22. The number of oxime groups is 1. The van der Waals surface area contributed by atoms with E-state index in [9.17, 15) is 4.39 Å². The van der Waals surface area contributed by atoms with Crippen LogP contribution in [0.4, 0.5) is 4.39 Å². The summed E-state index contributed by atoms with van der Waals surface area (Å²) >= 11 is 0. The van der Waals surface area contributed by atoms with E-state index in [2.05, 4.69) is 5.16 Å². The molecule has 0 bridgehead atoms. The van der Waals surface area contributed by atoms with Gasteiger partial charge in [0.2, 0.25) is 0 Å². The summed E-state index contributed by atoms with van der Waals surface area (Å²) in [5, 5.41) is 10.9. The molecule has 1 aromatic carbocycles. The van der Waals surface area contributed by atoms with E-state index in [-0.39, 0.29) is 5.82 Å². The predicted molar refractivity (Wildman–Crippen MR) is 40.5 cm³/mol. The van der Waals surface area contributed by atoms with Crippen LogP contribution in [0, 0.1) is 12.7 Å². The number of nitrogens with zero attached hydrogens (tertiary/aromatic N) is 1. The Morgan fingerprint density at radius 2 is 2.18 bits per heavy atom. The molecule has 0 saturated heterocycles. The van der Waals surface area contributed by atoms with Gasteiger partial charge in [-0.1, -0.05) is 11.2 Å². The number of rotatable bonds is 1. The maximum absolute atomic E-state index is 12.6. The van der Waals surface area contributed by atoms with Gasteiger partial charge in [0.05, 0.1) is 6.21 Å². The first-order valence-corrected chi connectivity index (χ1v) is 3.17. The minimum atomic E-state index is -0.320. The molecule has 0 aliphatic rings. The fourth-order valence-electron chi connectivity index (χ4n) is 0.906. The lowest BCUT2D eigenvalue weighted by atomic mass is 10.1. The second-order valence-corrected chi connectivity index (χ2v) is 2.31. The van der Waals surface area contributed by atoms with Crippen LogP contribution in [-0.4, -0.2) is 11.4 Å². The zero-order valence-electron chi connectivity index (χ0n) is 6.08. The summed E-state index contributed by atoms with van der Waals surface area (Å²) in [4.78, 5) is 0. The number of hydrogen-bond acceptors (Lipinski definition) is 2. The summed E-state index contributed by atoms with van der Waals surface area (Å²) < 4.78 is 12.6. The van der Waals surface area contributed by atoms with Crippen LogP contribution in [-0.2, 0) is 0 Å². The Balaban J connectivity index is 3.08. The van der Waals surface area contributed by atoms with E-state index < -0.39 is 0 Å². The fraction of sp³-hybridized carbons (Fsp3) is 0.125. The van der Waals surface area contributed by atoms with Crippen LogP contribution in [0.2, 0.25) is 0 Å². The molecule has 0 radical (unpaired) electrons. The minimum absolute atomic E-state index is 0.320. The van der Waals surface area contributed by atoms with Crippen molar-refractivity contribution in [3.63, 3.8) is 0 Å². The van der Waals surface area contributed by atoms with E-state index >= 15 is 0 Å². The standard InChI is InChI=1S/C8H8FNO/c1-6-2-7(5-10-11)4-8(9)3-6/h2-5,11H,1H3/b10-5+. The van der Waals surface area contributed by atoms with Crippen LogP contribution in [0.25, 0.3) is 0 Å². The van der Waals surface area contributed by atoms with Gasteiger partial charge < -0.3 is 5.21 Å². The summed E-state index contributed by atoms with van der Waals surface area (Å²) in [5.74, 6) is -0.320. The van der Waals surface area contributed by atoms with Crippen molar-refractivity contribution in [1.29, 1.82) is 0 Å². The Kier molecular flexibility index (Phi) is 2.21. The third-order valence-electron chi connectivity index (χ3n) is 1.27. The average molecular weight is 153 g/mol. The summed E-state index contributed by atoms with van der Waals surface area (Å²) in [6, 6.07) is 4.43. The summed E-state index contributed by atoms with van der Waals surface area (Å²) in [5.41, 5.74) is 1.37. The Bertz CT molecular complexity index is 263. The van der Waals surface area contributed by atoms with Gasteiger partial charge in [-0.25, -0.2) is 4.39 Å². The zero-order valence-corrected chi connectivity index (χ0v) is 6.08. The average Bonchev–Trinajstić information content (AvgIpc) is 1.85. The lowest BCUT2D eigenvalue weighted by molar-refractivity contribution is 0.322. The maximum Gasteiger partial charge on any atom is 0.124 e. The number of hydrogen-bond donors (Lipinski definition) is 1. The van der Waals surface area contributed by atoms with E-state index in [0.29, 0.717) is 5.56 Å². The monoisotopic (exact) mass is 153 g/mol. The van der Waals surface area contributed by atoms with E-state index in [1.165, 1.54) is 18.3 Å². The molecule has 0 atom stereocenters. The van der Waals surface area contributed by atoms with Crippen molar-refractivity contribution in [2.45, 2.75) is 6.92 Å². The smallest absolute Gasteiger partial charge is 0.124 e. The molecule has 11 heavy (non-hydrogen) atoms. The van der Waals surface area contributed by atoms with Crippen molar-refractivity contribution in [3.8, 4) is 0 Å². The molecular weight excluding hydrogens is 145 g/mol. The highest BCUT2D eigenvalue weighted by molar-refractivity contribution is 5.79. The van der Waals surface area contributed by atoms with Crippen molar-refractivity contribution in [3.05, 3.63) is 35.1 Å². The van der Waals surface area contributed by atoms with Crippen LogP contribution in [0.15, 0.2) is 23.4 Å². The third kappa shape index (κ3) is 2.04. The summed E-state index contributed by atoms with van der Waals surface area (Å²) in [6.07, 6.45) is 1.19. The molecule has 0 saturated carbocycles. The Morgan fingerprint density at radius 1 is 1.45 bits per heavy atom. The van der Waals surface area contributed by atoms with Crippen molar-refractivity contribution in [2.75, 3.05) is 0 Å². The van der Waals surface area contributed by atoms with E-state index in [4.69, 9.17) is 5.21 Å².